The maximum Gasteiger partial charge on any atom is 0.240 e. The van der Waals surface area contributed by atoms with Gasteiger partial charge in [-0.1, -0.05) is 42.5 Å². The van der Waals surface area contributed by atoms with E-state index in [0.29, 0.717) is 17.5 Å². The number of thioether (sulfide) groups is 1. The number of rotatable bonds is 5. The minimum absolute atomic E-state index is 0. The van der Waals surface area contributed by atoms with Gasteiger partial charge in [0.2, 0.25) is 5.91 Å². The Morgan fingerprint density at radius 1 is 1.19 bits per heavy atom. The third-order valence-electron chi connectivity index (χ3n) is 4.55. The number of nitrogens with zero attached hydrogens (tertiary/aromatic N) is 1. The zero-order valence-corrected chi connectivity index (χ0v) is 16.4. The van der Waals surface area contributed by atoms with Crippen LogP contribution in [0.25, 0.3) is 0 Å². The molecule has 0 radical (unpaired) electrons. The molecule has 2 aromatic carbocycles. The van der Waals surface area contributed by atoms with Crippen LogP contribution < -0.4 is 5.32 Å². The molecule has 2 atom stereocenters. The summed E-state index contributed by atoms with van der Waals surface area (Å²) in [7, 11) is 1.93. The van der Waals surface area contributed by atoms with E-state index in [-0.39, 0.29) is 24.1 Å². The lowest BCUT2D eigenvalue weighted by molar-refractivity contribution is -0.132. The predicted octanol–water partition coefficient (Wildman–Crippen LogP) is 4.29. The minimum Gasteiger partial charge on any atom is -0.340 e. The summed E-state index contributed by atoms with van der Waals surface area (Å²) in [6.45, 7) is 1.47. The van der Waals surface area contributed by atoms with E-state index in [9.17, 15) is 9.18 Å². The smallest absolute Gasteiger partial charge is 0.240 e. The summed E-state index contributed by atoms with van der Waals surface area (Å²) in [5.41, 5.74) is 0.910. The summed E-state index contributed by atoms with van der Waals surface area (Å²) in [4.78, 5) is 15.6. The molecule has 0 aromatic heterocycles. The van der Waals surface area contributed by atoms with Crippen molar-refractivity contribution in [1.29, 1.82) is 0 Å². The number of likely N-dealkylation sites (N-methyl/N-ethyl adjacent to an activating group) is 1. The summed E-state index contributed by atoms with van der Waals surface area (Å²) in [5.74, 6) is -0.229. The lowest BCUT2D eigenvalue weighted by Gasteiger charge is -2.34. The van der Waals surface area contributed by atoms with Crippen LogP contribution in [0.4, 0.5) is 4.39 Å². The third kappa shape index (κ3) is 5.00. The summed E-state index contributed by atoms with van der Waals surface area (Å²) >= 11 is 1.29. The lowest BCUT2D eigenvalue weighted by atomic mass is 10.0. The van der Waals surface area contributed by atoms with Crippen LogP contribution in [0.3, 0.4) is 0 Å². The highest BCUT2D eigenvalue weighted by Crippen LogP contribution is 2.38. The van der Waals surface area contributed by atoms with Gasteiger partial charge in [0, 0.05) is 24.0 Å². The molecule has 2 aromatic rings. The van der Waals surface area contributed by atoms with Crippen LogP contribution in [0.15, 0.2) is 59.5 Å². The summed E-state index contributed by atoms with van der Waals surface area (Å²) in [5, 5.41) is 2.83. The average molecular weight is 395 g/mol. The molecule has 1 fully saturated rings. The van der Waals surface area contributed by atoms with Crippen LogP contribution in [0.1, 0.15) is 23.7 Å². The molecule has 0 saturated carbocycles. The summed E-state index contributed by atoms with van der Waals surface area (Å²) < 4.78 is 14.1. The highest BCUT2D eigenvalue weighted by molar-refractivity contribution is 8.00. The highest BCUT2D eigenvalue weighted by Gasteiger charge is 2.30. The Morgan fingerprint density at radius 3 is 2.58 bits per heavy atom. The topological polar surface area (TPSA) is 32.3 Å². The fourth-order valence-corrected chi connectivity index (χ4v) is 4.27. The van der Waals surface area contributed by atoms with Gasteiger partial charge in [-0.25, -0.2) is 4.39 Å². The first-order valence-corrected chi connectivity index (χ1v) is 9.49. The zero-order valence-electron chi connectivity index (χ0n) is 14.7. The van der Waals surface area contributed by atoms with E-state index < -0.39 is 5.25 Å². The molecule has 1 amide bonds. The molecule has 6 heteroatoms. The van der Waals surface area contributed by atoms with Gasteiger partial charge in [-0.2, -0.15) is 0 Å². The van der Waals surface area contributed by atoms with Crippen LogP contribution in [-0.2, 0) is 4.79 Å². The van der Waals surface area contributed by atoms with Crippen LogP contribution in [0.2, 0.25) is 0 Å². The van der Waals surface area contributed by atoms with E-state index in [4.69, 9.17) is 0 Å². The van der Waals surface area contributed by atoms with Crippen LogP contribution in [0.5, 0.6) is 0 Å². The molecule has 0 aliphatic carbocycles. The van der Waals surface area contributed by atoms with Crippen LogP contribution in [-0.4, -0.2) is 37.0 Å². The molecule has 3 rings (SSSR count). The van der Waals surface area contributed by atoms with Gasteiger partial charge >= 0.3 is 0 Å². The van der Waals surface area contributed by atoms with Gasteiger partial charge in [0.05, 0.1) is 0 Å². The third-order valence-corrected chi connectivity index (χ3v) is 5.84. The van der Waals surface area contributed by atoms with Crippen molar-refractivity contribution in [3.05, 3.63) is 66.0 Å². The number of nitrogens with one attached hydrogen (secondary N) is 1. The lowest BCUT2D eigenvalue weighted by Crippen LogP contribution is -2.48. The fraction of sp³-hybridized carbons (Fsp3) is 0.350. The summed E-state index contributed by atoms with van der Waals surface area (Å²) in [6.07, 6.45) is 2.07. The van der Waals surface area contributed by atoms with Crippen LogP contribution >= 0.6 is 24.2 Å². The first kappa shape index (κ1) is 20.7. The second kappa shape index (κ2) is 9.95. The number of carbonyl (C=O) groups is 1. The number of amides is 1. The van der Waals surface area contributed by atoms with E-state index in [1.165, 1.54) is 17.8 Å². The van der Waals surface area contributed by atoms with Crippen molar-refractivity contribution in [3.8, 4) is 0 Å². The highest BCUT2D eigenvalue weighted by atomic mass is 35.5. The number of carbonyl (C=O) groups excluding carboxylic acids is 1. The first-order chi connectivity index (χ1) is 12.2. The number of piperidine rings is 1. The minimum atomic E-state index is -0.436. The van der Waals surface area contributed by atoms with Crippen molar-refractivity contribution in [2.45, 2.75) is 29.0 Å². The molecular formula is C20H24ClFN2OS. The van der Waals surface area contributed by atoms with E-state index in [0.717, 1.165) is 24.9 Å². The molecule has 1 aliphatic rings. The molecule has 3 nitrogen and oxygen atoms in total. The molecular weight excluding hydrogens is 371 g/mol. The predicted molar refractivity (Wildman–Crippen MR) is 107 cm³/mol. The zero-order chi connectivity index (χ0) is 17.6. The summed E-state index contributed by atoms with van der Waals surface area (Å²) in [6, 6.07) is 16.6. The molecule has 1 saturated heterocycles. The maximum atomic E-state index is 14.1. The second-order valence-electron chi connectivity index (χ2n) is 6.25. The molecule has 1 heterocycles. The monoisotopic (exact) mass is 394 g/mol. The molecule has 140 valence electrons. The number of halogens is 2. The van der Waals surface area contributed by atoms with Gasteiger partial charge in [-0.05, 0) is 37.6 Å². The van der Waals surface area contributed by atoms with E-state index in [2.05, 4.69) is 5.32 Å². The fourth-order valence-electron chi connectivity index (χ4n) is 3.13. The SMILES string of the molecule is CNC1CCCN(C(=O)C(Sc2ccccc2F)c2ccccc2)C1.Cl. The van der Waals surface area contributed by atoms with Gasteiger partial charge in [0.1, 0.15) is 11.1 Å². The van der Waals surface area contributed by atoms with Gasteiger partial charge < -0.3 is 10.2 Å². The number of hydrogen-bond acceptors (Lipinski definition) is 3. The quantitative estimate of drug-likeness (QED) is 0.768. The first-order valence-electron chi connectivity index (χ1n) is 8.61. The molecule has 0 bridgehead atoms. The average Bonchev–Trinajstić information content (AvgIpc) is 2.67. The van der Waals surface area contributed by atoms with Crippen molar-refractivity contribution < 1.29 is 9.18 Å². The van der Waals surface area contributed by atoms with E-state index >= 15 is 0 Å². The number of hydrogen-bond donors (Lipinski definition) is 1. The van der Waals surface area contributed by atoms with Crippen molar-refractivity contribution in [3.63, 3.8) is 0 Å². The van der Waals surface area contributed by atoms with Crippen molar-refractivity contribution in [1.82, 2.24) is 10.2 Å². The largest absolute Gasteiger partial charge is 0.340 e. The second-order valence-corrected chi connectivity index (χ2v) is 7.40. The van der Waals surface area contributed by atoms with Gasteiger partial charge in [0.15, 0.2) is 0 Å². The Labute approximate surface area is 164 Å². The molecule has 2 unspecified atom stereocenters. The molecule has 0 spiro atoms. The van der Waals surface area contributed by atoms with E-state index in [1.54, 1.807) is 18.2 Å². The van der Waals surface area contributed by atoms with Crippen molar-refractivity contribution >= 4 is 30.1 Å². The van der Waals surface area contributed by atoms with Gasteiger partial charge in [-0.3, -0.25) is 4.79 Å². The van der Waals surface area contributed by atoms with Gasteiger partial charge in [-0.15, -0.1) is 24.2 Å². The Balaban J connectivity index is 0.00000243. The van der Waals surface area contributed by atoms with E-state index in [1.807, 2.05) is 42.3 Å². The molecule has 1 aliphatic heterocycles. The Bertz CT molecular complexity index is 716. The Morgan fingerprint density at radius 2 is 1.88 bits per heavy atom. The Hall–Kier alpha value is -1.56. The van der Waals surface area contributed by atoms with Crippen LogP contribution in [0, 0.1) is 5.82 Å². The van der Waals surface area contributed by atoms with Gasteiger partial charge in [0.25, 0.3) is 0 Å². The number of benzene rings is 2. The molecule has 26 heavy (non-hydrogen) atoms. The molecule has 1 N–H and O–H groups in total. The maximum absolute atomic E-state index is 14.1. The number of likely N-dealkylation sites (tertiary alicyclic amines) is 1. The Kier molecular flexibility index (Phi) is 7.94. The van der Waals surface area contributed by atoms with Crippen molar-refractivity contribution in [2.24, 2.45) is 0 Å². The standard InChI is InChI=1S/C20H23FN2OS.ClH/c1-22-16-10-7-13-23(14-16)20(24)19(15-8-3-2-4-9-15)25-18-12-6-5-11-17(18)21;/h2-6,8-9,11-12,16,19,22H,7,10,13-14H2,1H3;1H. The normalized spacial score (nSPS) is 18.1. The van der Waals surface area contributed by atoms with Crippen molar-refractivity contribution in [2.75, 3.05) is 20.1 Å².